The van der Waals surface area contributed by atoms with Crippen molar-refractivity contribution in [2.45, 2.75) is 0 Å². The number of hydrogen-bond donors (Lipinski definition) is 0. The third kappa shape index (κ3) is 3.09. The van der Waals surface area contributed by atoms with Gasteiger partial charge >= 0.3 is 0 Å². The zero-order valence-corrected chi connectivity index (χ0v) is 24.3. The minimum atomic E-state index is -3.28. The summed E-state index contributed by atoms with van der Waals surface area (Å²) in [5.74, 6) is 2.46. The van der Waals surface area contributed by atoms with Gasteiger partial charge in [-0.05, 0) is 85.2 Å². The molecule has 8 aromatic rings. The molecule has 3 nitrogen and oxygen atoms in total. The molecule has 44 heavy (non-hydrogen) atoms. The van der Waals surface area contributed by atoms with Gasteiger partial charge in [-0.15, -0.1) is 0 Å². The molecule has 2 aliphatic rings. The smallest absolute Gasteiger partial charge is 0.185 e. The summed E-state index contributed by atoms with van der Waals surface area (Å²) in [5, 5.41) is 11.4. The molecule has 1 atom stereocenters. The van der Waals surface area contributed by atoms with Crippen molar-refractivity contribution in [3.8, 4) is 34.1 Å². The minimum Gasteiger partial charge on any atom is -0.456 e. The number of para-hydroxylation sites is 1. The van der Waals surface area contributed by atoms with Crippen LogP contribution in [0, 0.1) is 0 Å². The van der Waals surface area contributed by atoms with Crippen molar-refractivity contribution in [3.05, 3.63) is 140 Å². The Hall–Kier alpha value is -5.37. The average Bonchev–Trinajstić information content (AvgIpc) is 3.08. The highest BCUT2D eigenvalue weighted by molar-refractivity contribution is 7.86. The van der Waals surface area contributed by atoms with Crippen LogP contribution in [0.25, 0.3) is 54.2 Å². The molecule has 206 valence electrons. The second kappa shape index (κ2) is 8.60. The van der Waals surface area contributed by atoms with Crippen molar-refractivity contribution in [1.82, 2.24) is 0 Å². The molecule has 0 saturated heterocycles. The Morgan fingerprint density at radius 2 is 1.00 bits per heavy atom. The van der Waals surface area contributed by atoms with Crippen LogP contribution in [-0.4, -0.2) is 0 Å². The molecule has 0 N–H and O–H groups in total. The summed E-state index contributed by atoms with van der Waals surface area (Å²) in [5.41, 5.74) is 1.99. The average molecular weight is 583 g/mol. The number of rotatable bonds is 1. The van der Waals surface area contributed by atoms with Crippen LogP contribution in [0.3, 0.4) is 0 Å². The first kappa shape index (κ1) is 24.1. The van der Waals surface area contributed by atoms with Gasteiger partial charge in [-0.2, -0.15) is 0 Å². The normalized spacial score (nSPS) is 16.3. The standard InChI is InChI=1S/C40H23O3P/c41-44-37-16-8-7-15-34(37)42-35-22-26(23-36(40(35)44)43-39-27-10-2-1-9-24(27)18-20-38(39)44)25-17-19-32-30-13-4-3-11-28(30)29-12-5-6-14-31(29)33(32)21-25/h1-23H. The van der Waals surface area contributed by atoms with Crippen LogP contribution in [0.2, 0.25) is 0 Å². The van der Waals surface area contributed by atoms with E-state index in [0.717, 1.165) is 27.2 Å². The van der Waals surface area contributed by atoms with E-state index >= 15 is 4.57 Å². The van der Waals surface area contributed by atoms with Gasteiger partial charge in [-0.25, -0.2) is 0 Å². The predicted molar refractivity (Wildman–Crippen MR) is 181 cm³/mol. The molecular formula is C40H23O3P. The fourth-order valence-electron chi connectivity index (χ4n) is 7.29. The first-order valence-electron chi connectivity index (χ1n) is 14.8. The van der Waals surface area contributed by atoms with Gasteiger partial charge in [0.15, 0.2) is 7.14 Å². The van der Waals surface area contributed by atoms with Gasteiger partial charge in [0.25, 0.3) is 0 Å². The van der Waals surface area contributed by atoms with E-state index in [1.165, 1.54) is 32.3 Å². The zero-order valence-electron chi connectivity index (χ0n) is 23.5. The van der Waals surface area contributed by atoms with Gasteiger partial charge in [-0.3, -0.25) is 0 Å². The van der Waals surface area contributed by atoms with E-state index in [0.29, 0.717) is 33.6 Å². The highest BCUT2D eigenvalue weighted by atomic mass is 31.2. The molecule has 0 bridgehead atoms. The van der Waals surface area contributed by atoms with Crippen LogP contribution in [0.1, 0.15) is 0 Å². The predicted octanol–water partition coefficient (Wildman–Crippen LogP) is 9.82. The Kier molecular flexibility index (Phi) is 4.71. The Bertz CT molecular complexity index is 2570. The fourth-order valence-corrected chi connectivity index (χ4v) is 10.3. The van der Waals surface area contributed by atoms with Crippen LogP contribution in [0.5, 0.6) is 23.0 Å². The van der Waals surface area contributed by atoms with Gasteiger partial charge in [0.1, 0.15) is 28.3 Å². The molecule has 4 heteroatoms. The lowest BCUT2D eigenvalue weighted by Gasteiger charge is -2.35. The molecule has 1 unspecified atom stereocenters. The first-order chi connectivity index (χ1) is 21.7. The van der Waals surface area contributed by atoms with Crippen molar-refractivity contribution in [3.63, 3.8) is 0 Å². The van der Waals surface area contributed by atoms with Crippen molar-refractivity contribution < 1.29 is 14.0 Å². The van der Waals surface area contributed by atoms with Crippen molar-refractivity contribution in [1.29, 1.82) is 0 Å². The number of fused-ring (bicyclic) bond motifs is 12. The Morgan fingerprint density at radius 1 is 0.409 bits per heavy atom. The quantitative estimate of drug-likeness (QED) is 0.143. The van der Waals surface area contributed by atoms with Crippen LogP contribution in [0.4, 0.5) is 0 Å². The van der Waals surface area contributed by atoms with Gasteiger partial charge in [0, 0.05) is 5.39 Å². The molecule has 0 fully saturated rings. The maximum Gasteiger partial charge on any atom is 0.185 e. The molecular weight excluding hydrogens is 559 g/mol. The molecule has 0 amide bonds. The van der Waals surface area contributed by atoms with E-state index in [-0.39, 0.29) is 0 Å². The third-order valence-corrected chi connectivity index (χ3v) is 12.4. The Balaban J connectivity index is 1.26. The van der Waals surface area contributed by atoms with Gasteiger partial charge in [0.05, 0.1) is 10.6 Å². The van der Waals surface area contributed by atoms with E-state index in [1.807, 2.05) is 66.7 Å². The summed E-state index contributed by atoms with van der Waals surface area (Å²) < 4.78 is 28.8. The number of benzene rings is 8. The van der Waals surface area contributed by atoms with Crippen LogP contribution in [-0.2, 0) is 4.57 Å². The minimum absolute atomic E-state index is 0.585. The zero-order chi connectivity index (χ0) is 29.0. The lowest BCUT2D eigenvalue weighted by molar-refractivity contribution is 0.464. The molecule has 0 spiro atoms. The molecule has 2 heterocycles. The summed E-state index contributed by atoms with van der Waals surface area (Å²) in [6.45, 7) is 0. The van der Waals surface area contributed by atoms with Gasteiger partial charge in [-0.1, -0.05) is 103 Å². The fraction of sp³-hybridized carbons (Fsp3) is 0. The summed E-state index contributed by atoms with van der Waals surface area (Å²) in [7, 11) is -3.28. The second-order valence-electron chi connectivity index (χ2n) is 11.6. The van der Waals surface area contributed by atoms with E-state index in [1.54, 1.807) is 0 Å². The highest BCUT2D eigenvalue weighted by Crippen LogP contribution is 2.59. The van der Waals surface area contributed by atoms with E-state index in [4.69, 9.17) is 9.47 Å². The third-order valence-electron chi connectivity index (χ3n) is 9.27. The summed E-state index contributed by atoms with van der Waals surface area (Å²) in [6, 6.07) is 47.8. The van der Waals surface area contributed by atoms with Gasteiger partial charge in [0.2, 0.25) is 0 Å². The van der Waals surface area contributed by atoms with E-state index < -0.39 is 7.14 Å². The SMILES string of the molecule is O=P12c3ccccc3Oc3cc(-c4ccc5c6ccccc6c6ccccc6c5c4)cc(c31)Oc1c2ccc2ccccc12. The lowest BCUT2D eigenvalue weighted by atomic mass is 9.92. The maximum atomic E-state index is 15.5. The molecule has 8 aromatic carbocycles. The molecule has 0 saturated carbocycles. The summed E-state index contributed by atoms with van der Waals surface area (Å²) in [6.07, 6.45) is 0. The second-order valence-corrected chi connectivity index (χ2v) is 14.2. The van der Waals surface area contributed by atoms with Crippen molar-refractivity contribution >= 4 is 66.1 Å². The van der Waals surface area contributed by atoms with Crippen LogP contribution < -0.4 is 25.4 Å². The number of hydrogen-bond acceptors (Lipinski definition) is 3. The maximum absolute atomic E-state index is 15.5. The largest absolute Gasteiger partial charge is 0.456 e. The number of ether oxygens (including phenoxy) is 2. The van der Waals surface area contributed by atoms with E-state index in [9.17, 15) is 0 Å². The summed E-state index contributed by atoms with van der Waals surface area (Å²) in [4.78, 5) is 0. The molecule has 2 aliphatic heterocycles. The van der Waals surface area contributed by atoms with E-state index in [2.05, 4.69) is 72.8 Å². The Labute approximate surface area is 253 Å². The molecule has 10 rings (SSSR count). The summed E-state index contributed by atoms with van der Waals surface area (Å²) >= 11 is 0. The first-order valence-corrected chi connectivity index (χ1v) is 16.5. The van der Waals surface area contributed by atoms with Crippen LogP contribution in [0.15, 0.2) is 140 Å². The molecule has 0 aromatic heterocycles. The molecule has 0 radical (unpaired) electrons. The van der Waals surface area contributed by atoms with Crippen molar-refractivity contribution in [2.24, 2.45) is 0 Å². The lowest BCUT2D eigenvalue weighted by Crippen LogP contribution is -2.35. The Morgan fingerprint density at radius 3 is 1.75 bits per heavy atom. The topological polar surface area (TPSA) is 35.5 Å². The monoisotopic (exact) mass is 582 g/mol. The van der Waals surface area contributed by atoms with Crippen LogP contribution >= 0.6 is 7.14 Å². The molecule has 0 aliphatic carbocycles. The van der Waals surface area contributed by atoms with Crippen molar-refractivity contribution in [2.75, 3.05) is 0 Å². The highest BCUT2D eigenvalue weighted by Gasteiger charge is 2.47. The van der Waals surface area contributed by atoms with Gasteiger partial charge < -0.3 is 14.0 Å².